The van der Waals surface area contributed by atoms with Crippen LogP contribution in [0.4, 0.5) is 0 Å². The first-order valence-corrected chi connectivity index (χ1v) is 6.30. The van der Waals surface area contributed by atoms with E-state index in [-0.39, 0.29) is 24.4 Å². The molecular formula is C14H16N4O2. The molecule has 0 unspecified atom stereocenters. The zero-order valence-electron chi connectivity index (χ0n) is 11.6. The molecule has 6 heteroatoms. The maximum Gasteiger partial charge on any atom is 0.269 e. The highest BCUT2D eigenvalue weighted by Gasteiger charge is 2.14. The van der Waals surface area contributed by atoms with Crippen molar-refractivity contribution in [3.05, 3.63) is 33.7 Å². The van der Waals surface area contributed by atoms with E-state index in [9.17, 15) is 9.59 Å². The van der Waals surface area contributed by atoms with Crippen LogP contribution in [-0.4, -0.2) is 28.5 Å². The number of hydrogen-bond acceptors (Lipinski definition) is 4. The molecule has 0 aliphatic heterocycles. The third kappa shape index (κ3) is 3.46. The molecule has 1 aromatic rings. The van der Waals surface area contributed by atoms with Gasteiger partial charge in [-0.05, 0) is 25.5 Å². The van der Waals surface area contributed by atoms with E-state index in [4.69, 9.17) is 10.5 Å². The molecular weight excluding hydrogens is 256 g/mol. The predicted molar refractivity (Wildman–Crippen MR) is 72.6 cm³/mol. The summed E-state index contributed by atoms with van der Waals surface area (Å²) in [5.41, 5.74) is 0.190. The summed E-state index contributed by atoms with van der Waals surface area (Å²) in [7, 11) is 0. The van der Waals surface area contributed by atoms with Crippen molar-refractivity contribution < 1.29 is 4.79 Å². The zero-order valence-corrected chi connectivity index (χ0v) is 11.6. The average Bonchev–Trinajstić information content (AvgIpc) is 2.43. The molecule has 0 radical (unpaired) electrons. The maximum absolute atomic E-state index is 12.1. The summed E-state index contributed by atoms with van der Waals surface area (Å²) in [4.78, 5) is 25.6. The summed E-state index contributed by atoms with van der Waals surface area (Å²) < 4.78 is 1.23. The molecule has 0 aromatic carbocycles. The first-order chi connectivity index (χ1) is 9.54. The minimum atomic E-state index is -0.461. The molecule has 20 heavy (non-hydrogen) atoms. The monoisotopic (exact) mass is 272 g/mol. The fourth-order valence-corrected chi connectivity index (χ4v) is 1.82. The van der Waals surface area contributed by atoms with Crippen molar-refractivity contribution in [2.45, 2.75) is 26.8 Å². The van der Waals surface area contributed by atoms with E-state index in [1.54, 1.807) is 13.0 Å². The van der Waals surface area contributed by atoms with Crippen molar-refractivity contribution in [3.63, 3.8) is 0 Å². The minimum absolute atomic E-state index is 0.0559. The number of carbonyl (C=O) groups excluding carboxylic acids is 1. The molecule has 0 saturated carbocycles. The second kappa shape index (κ2) is 7.10. The van der Waals surface area contributed by atoms with E-state index in [2.05, 4.69) is 0 Å². The Bertz CT molecular complexity index is 634. The maximum atomic E-state index is 12.1. The van der Waals surface area contributed by atoms with Crippen LogP contribution in [0.5, 0.6) is 0 Å². The van der Waals surface area contributed by atoms with Gasteiger partial charge in [0.1, 0.15) is 18.2 Å². The lowest BCUT2D eigenvalue weighted by Gasteiger charge is -2.20. The van der Waals surface area contributed by atoms with Crippen LogP contribution in [0.3, 0.4) is 0 Å². The summed E-state index contributed by atoms with van der Waals surface area (Å²) in [5, 5.41) is 17.5. The summed E-state index contributed by atoms with van der Waals surface area (Å²) in [6.45, 7) is 4.20. The third-order valence-electron chi connectivity index (χ3n) is 3.02. The number of nitriles is 2. The van der Waals surface area contributed by atoms with Crippen LogP contribution >= 0.6 is 0 Å². The Kier molecular flexibility index (Phi) is 5.49. The van der Waals surface area contributed by atoms with Gasteiger partial charge in [-0.15, -0.1) is 0 Å². The summed E-state index contributed by atoms with van der Waals surface area (Å²) >= 11 is 0. The normalized spacial score (nSPS) is 9.60. The Balaban J connectivity index is 2.94. The van der Waals surface area contributed by atoms with E-state index >= 15 is 0 Å². The first kappa shape index (κ1) is 15.5. The Morgan fingerprint density at radius 2 is 2.15 bits per heavy atom. The molecule has 1 aromatic heterocycles. The van der Waals surface area contributed by atoms with Gasteiger partial charge in [0.2, 0.25) is 5.91 Å². The van der Waals surface area contributed by atoms with Gasteiger partial charge in [-0.2, -0.15) is 10.5 Å². The Morgan fingerprint density at radius 3 is 2.70 bits per heavy atom. The standard InChI is InChI=1S/C14H16N4O2/c1-3-17(7-4-6-15)13(19)10-18-8-5-11(2)12(9-16)14(18)20/h5,8H,3-4,7,10H2,1-2H3. The number of likely N-dealkylation sites (N-methyl/N-ethyl adjacent to an activating group) is 1. The molecule has 0 aliphatic carbocycles. The van der Waals surface area contributed by atoms with E-state index < -0.39 is 5.56 Å². The van der Waals surface area contributed by atoms with Gasteiger partial charge < -0.3 is 9.47 Å². The van der Waals surface area contributed by atoms with Gasteiger partial charge >= 0.3 is 0 Å². The van der Waals surface area contributed by atoms with Crippen LogP contribution in [0, 0.1) is 29.6 Å². The Labute approximate surface area is 117 Å². The summed E-state index contributed by atoms with van der Waals surface area (Å²) in [5.74, 6) is -0.238. The molecule has 1 rings (SSSR count). The largest absolute Gasteiger partial charge is 0.340 e. The van der Waals surface area contributed by atoms with Crippen molar-refractivity contribution in [2.75, 3.05) is 13.1 Å². The van der Waals surface area contributed by atoms with Gasteiger partial charge in [-0.3, -0.25) is 9.59 Å². The number of rotatable bonds is 5. The lowest BCUT2D eigenvalue weighted by Crippen LogP contribution is -2.37. The van der Waals surface area contributed by atoms with Gasteiger partial charge in [0.15, 0.2) is 0 Å². The number of aryl methyl sites for hydroxylation is 1. The average molecular weight is 272 g/mol. The van der Waals surface area contributed by atoms with E-state index in [0.717, 1.165) is 0 Å². The highest BCUT2D eigenvalue weighted by atomic mass is 16.2. The number of carbonyl (C=O) groups is 1. The molecule has 1 amide bonds. The van der Waals surface area contributed by atoms with Crippen LogP contribution in [0.2, 0.25) is 0 Å². The fourth-order valence-electron chi connectivity index (χ4n) is 1.82. The molecule has 0 spiro atoms. The van der Waals surface area contributed by atoms with Crippen LogP contribution in [0.1, 0.15) is 24.5 Å². The predicted octanol–water partition coefficient (Wildman–Crippen LogP) is 0.791. The van der Waals surface area contributed by atoms with Crippen LogP contribution < -0.4 is 5.56 Å². The Morgan fingerprint density at radius 1 is 1.45 bits per heavy atom. The van der Waals surface area contributed by atoms with Crippen molar-refractivity contribution in [1.82, 2.24) is 9.47 Å². The fraction of sp³-hybridized carbons (Fsp3) is 0.429. The quantitative estimate of drug-likeness (QED) is 0.792. The molecule has 0 fully saturated rings. The molecule has 0 atom stereocenters. The number of amides is 1. The van der Waals surface area contributed by atoms with Gasteiger partial charge in [-0.1, -0.05) is 0 Å². The van der Waals surface area contributed by atoms with E-state index in [0.29, 0.717) is 18.7 Å². The van der Waals surface area contributed by atoms with Crippen LogP contribution in [0.25, 0.3) is 0 Å². The van der Waals surface area contributed by atoms with E-state index in [1.165, 1.54) is 15.7 Å². The molecule has 0 saturated heterocycles. The lowest BCUT2D eigenvalue weighted by molar-refractivity contribution is -0.131. The topological polar surface area (TPSA) is 89.9 Å². The Hall–Kier alpha value is -2.60. The zero-order chi connectivity index (χ0) is 15.1. The smallest absolute Gasteiger partial charge is 0.269 e. The molecule has 1 heterocycles. The first-order valence-electron chi connectivity index (χ1n) is 6.30. The van der Waals surface area contributed by atoms with Gasteiger partial charge in [0.25, 0.3) is 5.56 Å². The molecule has 0 aliphatic rings. The number of hydrogen-bond donors (Lipinski definition) is 0. The van der Waals surface area contributed by atoms with Crippen LogP contribution in [0.15, 0.2) is 17.1 Å². The van der Waals surface area contributed by atoms with Crippen LogP contribution in [-0.2, 0) is 11.3 Å². The molecule has 104 valence electrons. The number of pyridine rings is 1. The molecule has 6 nitrogen and oxygen atoms in total. The lowest BCUT2D eigenvalue weighted by atomic mass is 10.2. The number of nitrogens with zero attached hydrogens (tertiary/aromatic N) is 4. The van der Waals surface area contributed by atoms with Gasteiger partial charge in [0.05, 0.1) is 12.5 Å². The van der Waals surface area contributed by atoms with Crippen molar-refractivity contribution >= 4 is 5.91 Å². The molecule has 0 bridgehead atoms. The second-order valence-corrected chi connectivity index (χ2v) is 4.30. The van der Waals surface area contributed by atoms with E-state index in [1.807, 2.05) is 19.1 Å². The summed E-state index contributed by atoms with van der Waals surface area (Å²) in [6, 6.07) is 5.47. The highest BCUT2D eigenvalue weighted by molar-refractivity contribution is 5.76. The highest BCUT2D eigenvalue weighted by Crippen LogP contribution is 2.01. The SMILES string of the molecule is CCN(CCC#N)C(=O)Cn1ccc(C)c(C#N)c1=O. The second-order valence-electron chi connectivity index (χ2n) is 4.30. The number of aromatic nitrogens is 1. The van der Waals surface area contributed by atoms with Crippen molar-refractivity contribution in [1.29, 1.82) is 10.5 Å². The van der Waals surface area contributed by atoms with Crippen molar-refractivity contribution in [2.24, 2.45) is 0 Å². The third-order valence-corrected chi connectivity index (χ3v) is 3.02. The van der Waals surface area contributed by atoms with Crippen molar-refractivity contribution in [3.8, 4) is 12.1 Å². The molecule has 0 N–H and O–H groups in total. The van der Waals surface area contributed by atoms with Gasteiger partial charge in [-0.25, -0.2) is 0 Å². The summed E-state index contributed by atoms with van der Waals surface area (Å²) in [6.07, 6.45) is 1.76. The minimum Gasteiger partial charge on any atom is -0.340 e. The van der Waals surface area contributed by atoms with Gasteiger partial charge in [0, 0.05) is 19.3 Å².